The summed E-state index contributed by atoms with van der Waals surface area (Å²) >= 11 is 0. The van der Waals surface area contributed by atoms with Gasteiger partial charge in [0.15, 0.2) is 0 Å². The van der Waals surface area contributed by atoms with Crippen LogP contribution in [0.5, 0.6) is 0 Å². The second kappa shape index (κ2) is 9.58. The van der Waals surface area contributed by atoms with Crippen LogP contribution in [0.25, 0.3) is 22.2 Å². The first-order valence-electron chi connectivity index (χ1n) is 13.5. The van der Waals surface area contributed by atoms with Gasteiger partial charge in [-0.2, -0.15) is 0 Å². The minimum absolute atomic E-state index is 0.253. The van der Waals surface area contributed by atoms with Crippen LogP contribution in [0, 0.1) is 0 Å². The molecule has 6 rings (SSSR count). The van der Waals surface area contributed by atoms with Crippen LogP contribution in [0.1, 0.15) is 68.4 Å². The van der Waals surface area contributed by atoms with Gasteiger partial charge in [-0.15, -0.1) is 0 Å². The molecular formula is C30H37N3O. The van der Waals surface area contributed by atoms with Gasteiger partial charge in [0, 0.05) is 36.1 Å². The summed E-state index contributed by atoms with van der Waals surface area (Å²) in [5, 5.41) is 1.36. The third kappa shape index (κ3) is 4.07. The SMILES string of the molecule is O=C1Cn2c(c(C3CCCCC3)c3ccccc32)-c2ccccc2CN1CCN1CCCCC1. The highest BCUT2D eigenvalue weighted by Crippen LogP contribution is 2.45. The molecule has 1 amide bonds. The van der Waals surface area contributed by atoms with E-state index in [2.05, 4.69) is 62.9 Å². The fourth-order valence-electron chi connectivity index (χ4n) is 6.66. The molecule has 1 saturated carbocycles. The van der Waals surface area contributed by atoms with Crippen LogP contribution >= 0.6 is 0 Å². The van der Waals surface area contributed by atoms with E-state index in [-0.39, 0.29) is 5.91 Å². The number of hydrogen-bond donors (Lipinski definition) is 0. The first-order chi connectivity index (χ1) is 16.8. The van der Waals surface area contributed by atoms with Crippen LogP contribution in [0.4, 0.5) is 0 Å². The number of rotatable bonds is 4. The molecule has 2 fully saturated rings. The molecule has 0 radical (unpaired) electrons. The molecule has 1 saturated heterocycles. The average Bonchev–Trinajstić information content (AvgIpc) is 3.20. The van der Waals surface area contributed by atoms with E-state index in [9.17, 15) is 4.79 Å². The minimum Gasteiger partial charge on any atom is -0.336 e. The number of aromatic nitrogens is 1. The molecule has 0 N–H and O–H groups in total. The van der Waals surface area contributed by atoms with E-state index in [0.29, 0.717) is 19.0 Å². The maximum Gasteiger partial charge on any atom is 0.242 e. The van der Waals surface area contributed by atoms with Crippen molar-refractivity contribution in [1.82, 2.24) is 14.4 Å². The standard InChI is InChI=1S/C30H37N3O/c34-28-22-33-27-16-8-7-15-26(27)29(23-11-3-1-4-12-23)30(33)25-14-6-5-13-24(25)21-32(28)20-19-31-17-9-2-10-18-31/h5-8,13-16,23H,1-4,9-12,17-22H2. The molecule has 3 aliphatic rings. The van der Waals surface area contributed by atoms with Crippen molar-refractivity contribution in [3.05, 3.63) is 59.7 Å². The summed E-state index contributed by atoms with van der Waals surface area (Å²) in [6.07, 6.45) is 10.4. The van der Waals surface area contributed by atoms with E-state index in [1.54, 1.807) is 0 Å². The van der Waals surface area contributed by atoms with Crippen molar-refractivity contribution in [2.45, 2.75) is 70.4 Å². The first kappa shape index (κ1) is 21.9. The molecular weight excluding hydrogens is 418 g/mol. The molecule has 178 valence electrons. The van der Waals surface area contributed by atoms with Gasteiger partial charge < -0.3 is 14.4 Å². The van der Waals surface area contributed by atoms with E-state index < -0.39 is 0 Å². The lowest BCUT2D eigenvalue weighted by molar-refractivity contribution is -0.132. The van der Waals surface area contributed by atoms with E-state index in [1.807, 2.05) is 0 Å². The number of amides is 1. The molecule has 34 heavy (non-hydrogen) atoms. The summed E-state index contributed by atoms with van der Waals surface area (Å²) in [4.78, 5) is 18.4. The zero-order chi connectivity index (χ0) is 22.9. The monoisotopic (exact) mass is 455 g/mol. The Hall–Kier alpha value is -2.59. The van der Waals surface area contributed by atoms with Gasteiger partial charge >= 0.3 is 0 Å². The molecule has 3 heterocycles. The summed E-state index contributed by atoms with van der Waals surface area (Å²) in [7, 11) is 0. The van der Waals surface area contributed by atoms with Crippen molar-refractivity contribution < 1.29 is 4.79 Å². The fourth-order valence-corrected chi connectivity index (χ4v) is 6.66. The molecule has 1 aromatic heterocycles. The zero-order valence-corrected chi connectivity index (χ0v) is 20.3. The lowest BCUT2D eigenvalue weighted by Crippen LogP contribution is -2.42. The number of benzene rings is 2. The zero-order valence-electron chi connectivity index (χ0n) is 20.3. The second-order valence-electron chi connectivity index (χ2n) is 10.6. The van der Waals surface area contributed by atoms with E-state index in [1.165, 1.54) is 97.7 Å². The van der Waals surface area contributed by atoms with E-state index >= 15 is 0 Å². The van der Waals surface area contributed by atoms with Gasteiger partial charge in [0.1, 0.15) is 6.54 Å². The molecule has 1 aliphatic carbocycles. The number of likely N-dealkylation sites (tertiary alicyclic amines) is 1. The molecule has 4 nitrogen and oxygen atoms in total. The highest BCUT2D eigenvalue weighted by Gasteiger charge is 2.30. The van der Waals surface area contributed by atoms with Crippen LogP contribution in [0.3, 0.4) is 0 Å². The average molecular weight is 456 g/mol. The fraction of sp³-hybridized carbons (Fsp3) is 0.500. The first-order valence-corrected chi connectivity index (χ1v) is 13.5. The highest BCUT2D eigenvalue weighted by atomic mass is 16.2. The molecule has 3 aromatic rings. The number of carbonyl (C=O) groups is 1. The van der Waals surface area contributed by atoms with Gasteiger partial charge in [0.2, 0.25) is 5.91 Å². The van der Waals surface area contributed by atoms with Gasteiger partial charge in [-0.1, -0.05) is 68.1 Å². The van der Waals surface area contributed by atoms with E-state index in [0.717, 1.165) is 13.1 Å². The summed E-state index contributed by atoms with van der Waals surface area (Å²) in [5.41, 5.74) is 6.65. The van der Waals surface area contributed by atoms with Gasteiger partial charge in [-0.3, -0.25) is 4.79 Å². The lowest BCUT2D eigenvalue weighted by Gasteiger charge is -2.32. The topological polar surface area (TPSA) is 28.5 Å². The van der Waals surface area contributed by atoms with Crippen LogP contribution in [0.15, 0.2) is 48.5 Å². The Kier molecular flexibility index (Phi) is 6.17. The van der Waals surface area contributed by atoms with Crippen molar-refractivity contribution in [1.29, 1.82) is 0 Å². The Morgan fingerprint density at radius 2 is 1.50 bits per heavy atom. The molecule has 2 aliphatic heterocycles. The quantitative estimate of drug-likeness (QED) is 0.470. The molecule has 0 bridgehead atoms. The largest absolute Gasteiger partial charge is 0.336 e. The number of nitrogens with zero attached hydrogens (tertiary/aromatic N) is 3. The van der Waals surface area contributed by atoms with Crippen molar-refractivity contribution in [2.75, 3.05) is 26.2 Å². The normalized spacial score (nSPS) is 20.1. The van der Waals surface area contributed by atoms with Gasteiger partial charge in [0.05, 0.1) is 5.69 Å². The lowest BCUT2D eigenvalue weighted by atomic mass is 9.81. The van der Waals surface area contributed by atoms with Crippen molar-refractivity contribution in [3.8, 4) is 11.3 Å². The number of piperidine rings is 1. The smallest absolute Gasteiger partial charge is 0.242 e. The second-order valence-corrected chi connectivity index (χ2v) is 10.6. The highest BCUT2D eigenvalue weighted by molar-refractivity contribution is 5.95. The Balaban J connectivity index is 1.43. The number of hydrogen-bond acceptors (Lipinski definition) is 2. The molecule has 4 heteroatoms. The van der Waals surface area contributed by atoms with Crippen LogP contribution in [0.2, 0.25) is 0 Å². The molecule has 0 atom stereocenters. The summed E-state index contributed by atoms with van der Waals surface area (Å²) in [6.45, 7) is 5.31. The van der Waals surface area contributed by atoms with Crippen molar-refractivity contribution >= 4 is 16.8 Å². The Bertz CT molecular complexity index is 1170. The molecule has 2 aromatic carbocycles. The van der Waals surface area contributed by atoms with Crippen LogP contribution in [-0.4, -0.2) is 46.5 Å². The van der Waals surface area contributed by atoms with Crippen LogP contribution < -0.4 is 0 Å². The predicted octanol–water partition coefficient (Wildman–Crippen LogP) is 6.18. The predicted molar refractivity (Wildman–Crippen MR) is 139 cm³/mol. The summed E-state index contributed by atoms with van der Waals surface area (Å²) in [5.74, 6) is 0.844. The summed E-state index contributed by atoms with van der Waals surface area (Å²) in [6, 6.07) is 17.7. The third-order valence-corrected chi connectivity index (χ3v) is 8.44. The Labute approximate surface area is 203 Å². The van der Waals surface area contributed by atoms with Gasteiger partial charge in [0.25, 0.3) is 0 Å². The maximum absolute atomic E-state index is 13.7. The Morgan fingerprint density at radius 3 is 2.35 bits per heavy atom. The van der Waals surface area contributed by atoms with Crippen molar-refractivity contribution in [2.24, 2.45) is 0 Å². The van der Waals surface area contributed by atoms with Crippen LogP contribution in [-0.2, 0) is 17.9 Å². The van der Waals surface area contributed by atoms with Gasteiger partial charge in [-0.25, -0.2) is 0 Å². The third-order valence-electron chi connectivity index (χ3n) is 8.44. The molecule has 0 spiro atoms. The molecule has 0 unspecified atom stereocenters. The van der Waals surface area contributed by atoms with E-state index in [4.69, 9.17) is 0 Å². The number of fused-ring (bicyclic) bond motifs is 5. The van der Waals surface area contributed by atoms with Crippen molar-refractivity contribution in [3.63, 3.8) is 0 Å². The van der Waals surface area contributed by atoms with Gasteiger partial charge in [-0.05, 0) is 61.9 Å². The number of carbonyl (C=O) groups excluding carboxylic acids is 1. The minimum atomic E-state index is 0.253. The summed E-state index contributed by atoms with van der Waals surface area (Å²) < 4.78 is 2.35. The maximum atomic E-state index is 13.7. The number of para-hydroxylation sites is 1. The Morgan fingerprint density at radius 1 is 0.765 bits per heavy atom.